The molecule has 1 aliphatic rings. The first kappa shape index (κ1) is 18.9. The van der Waals surface area contributed by atoms with Crippen LogP contribution < -0.4 is 10.1 Å². The Morgan fingerprint density at radius 2 is 1.79 bits per heavy atom. The number of carbonyl (C=O) groups excluding carboxylic acids is 1. The molecule has 1 amide bonds. The highest BCUT2D eigenvalue weighted by atomic mass is 35.5. The van der Waals surface area contributed by atoms with E-state index < -0.39 is 17.3 Å². The minimum atomic E-state index is -1.17. The topological polar surface area (TPSA) is 58.6 Å². The SMILES string of the molecule is O=C1Nc2ccc(Cl)cc2S[C@@H](c2ccc(OCc3ccccc3)cc2)[C@H]1O. The number of halogens is 1. The molecule has 6 heteroatoms. The van der Waals surface area contributed by atoms with E-state index in [-0.39, 0.29) is 0 Å². The molecule has 2 N–H and O–H groups in total. The number of benzene rings is 3. The van der Waals surface area contributed by atoms with Crippen LogP contribution in [0.1, 0.15) is 16.4 Å². The molecule has 0 unspecified atom stereocenters. The first-order chi connectivity index (χ1) is 13.6. The second-order valence-electron chi connectivity index (χ2n) is 6.46. The van der Waals surface area contributed by atoms with Gasteiger partial charge in [0.25, 0.3) is 5.91 Å². The van der Waals surface area contributed by atoms with Gasteiger partial charge in [-0.3, -0.25) is 4.79 Å². The number of aliphatic hydroxyl groups is 1. The second kappa shape index (κ2) is 8.27. The van der Waals surface area contributed by atoms with Crippen LogP contribution in [-0.2, 0) is 11.4 Å². The molecule has 1 heterocycles. The van der Waals surface area contributed by atoms with Crippen molar-refractivity contribution in [3.63, 3.8) is 0 Å². The Balaban J connectivity index is 1.53. The Morgan fingerprint density at radius 1 is 1.04 bits per heavy atom. The van der Waals surface area contributed by atoms with Crippen LogP contribution in [0.15, 0.2) is 77.7 Å². The summed E-state index contributed by atoms with van der Waals surface area (Å²) in [6, 6.07) is 22.7. The number of nitrogens with one attached hydrogen (secondary N) is 1. The fourth-order valence-electron chi connectivity index (χ4n) is 2.99. The summed E-state index contributed by atoms with van der Waals surface area (Å²) in [6.07, 6.45) is -1.17. The van der Waals surface area contributed by atoms with Crippen LogP contribution in [0.5, 0.6) is 5.75 Å². The molecule has 0 radical (unpaired) electrons. The Morgan fingerprint density at radius 3 is 2.54 bits per heavy atom. The summed E-state index contributed by atoms with van der Waals surface area (Å²) in [5.41, 5.74) is 2.59. The fourth-order valence-corrected chi connectivity index (χ4v) is 4.48. The number of hydrogen-bond donors (Lipinski definition) is 2. The molecule has 0 spiro atoms. The molecule has 142 valence electrons. The van der Waals surface area contributed by atoms with Crippen LogP contribution in [0.4, 0.5) is 5.69 Å². The van der Waals surface area contributed by atoms with Gasteiger partial charge in [-0.25, -0.2) is 0 Å². The monoisotopic (exact) mass is 411 g/mol. The van der Waals surface area contributed by atoms with E-state index in [1.54, 1.807) is 18.2 Å². The number of carbonyl (C=O) groups is 1. The predicted molar refractivity (Wildman–Crippen MR) is 112 cm³/mol. The molecule has 3 aromatic carbocycles. The quantitative estimate of drug-likeness (QED) is 0.629. The van der Waals surface area contributed by atoms with Crippen molar-refractivity contribution in [3.05, 3.63) is 88.9 Å². The zero-order valence-electron chi connectivity index (χ0n) is 14.8. The minimum Gasteiger partial charge on any atom is -0.489 e. The summed E-state index contributed by atoms with van der Waals surface area (Å²) < 4.78 is 5.81. The van der Waals surface area contributed by atoms with E-state index in [2.05, 4.69) is 5.32 Å². The Labute approximate surface area is 172 Å². The first-order valence-electron chi connectivity index (χ1n) is 8.82. The van der Waals surface area contributed by atoms with Crippen molar-refractivity contribution in [1.82, 2.24) is 0 Å². The average molecular weight is 412 g/mol. The normalized spacial score (nSPS) is 18.7. The Kier molecular flexibility index (Phi) is 5.57. The van der Waals surface area contributed by atoms with Crippen LogP contribution in [-0.4, -0.2) is 17.1 Å². The molecule has 4 nitrogen and oxygen atoms in total. The maximum atomic E-state index is 12.3. The molecule has 0 fully saturated rings. The maximum Gasteiger partial charge on any atom is 0.254 e. The summed E-state index contributed by atoms with van der Waals surface area (Å²) in [5.74, 6) is 0.302. The number of thioether (sulfide) groups is 1. The third kappa shape index (κ3) is 4.17. The number of anilines is 1. The fraction of sp³-hybridized carbons (Fsp3) is 0.136. The van der Waals surface area contributed by atoms with Gasteiger partial charge in [0.05, 0.1) is 10.9 Å². The van der Waals surface area contributed by atoms with Crippen LogP contribution in [0, 0.1) is 0 Å². The molecule has 28 heavy (non-hydrogen) atoms. The van der Waals surface area contributed by atoms with Gasteiger partial charge < -0.3 is 15.2 Å². The van der Waals surface area contributed by atoms with Gasteiger partial charge in [-0.15, -0.1) is 11.8 Å². The summed E-state index contributed by atoms with van der Waals surface area (Å²) in [7, 11) is 0. The van der Waals surface area contributed by atoms with Gasteiger partial charge >= 0.3 is 0 Å². The second-order valence-corrected chi connectivity index (χ2v) is 8.08. The molecular formula is C22H18ClNO3S. The van der Waals surface area contributed by atoms with E-state index in [1.807, 2.05) is 54.6 Å². The molecule has 0 aromatic heterocycles. The maximum absolute atomic E-state index is 12.3. The van der Waals surface area contributed by atoms with E-state index >= 15 is 0 Å². The van der Waals surface area contributed by atoms with Crippen molar-refractivity contribution in [2.24, 2.45) is 0 Å². The molecule has 2 atom stereocenters. The van der Waals surface area contributed by atoms with Gasteiger partial charge in [0.1, 0.15) is 18.5 Å². The van der Waals surface area contributed by atoms with Crippen molar-refractivity contribution in [3.8, 4) is 5.75 Å². The lowest BCUT2D eigenvalue weighted by Gasteiger charge is -2.19. The summed E-state index contributed by atoms with van der Waals surface area (Å²) in [4.78, 5) is 13.2. The molecule has 0 bridgehead atoms. The lowest BCUT2D eigenvalue weighted by atomic mass is 10.1. The highest BCUT2D eigenvalue weighted by Crippen LogP contribution is 2.44. The van der Waals surface area contributed by atoms with Crippen LogP contribution in [0.25, 0.3) is 0 Å². The van der Waals surface area contributed by atoms with Gasteiger partial charge in [0.2, 0.25) is 0 Å². The Bertz CT molecular complexity index is 979. The third-order valence-electron chi connectivity index (χ3n) is 4.47. The highest BCUT2D eigenvalue weighted by molar-refractivity contribution is 7.99. The smallest absolute Gasteiger partial charge is 0.254 e. The van der Waals surface area contributed by atoms with Crippen LogP contribution in [0.3, 0.4) is 0 Å². The number of fused-ring (bicyclic) bond motifs is 1. The first-order valence-corrected chi connectivity index (χ1v) is 10.1. The predicted octanol–water partition coefficient (Wildman–Crippen LogP) is 5.07. The van der Waals surface area contributed by atoms with Crippen LogP contribution in [0.2, 0.25) is 5.02 Å². The van der Waals surface area contributed by atoms with Crippen molar-refractivity contribution in [2.45, 2.75) is 22.9 Å². The van der Waals surface area contributed by atoms with Gasteiger partial charge in [0.15, 0.2) is 0 Å². The van der Waals surface area contributed by atoms with E-state index in [9.17, 15) is 9.90 Å². The molecule has 3 aromatic rings. The number of hydrogen-bond acceptors (Lipinski definition) is 4. The molecule has 4 rings (SSSR count). The zero-order chi connectivity index (χ0) is 19.5. The van der Waals surface area contributed by atoms with Crippen LogP contribution >= 0.6 is 23.4 Å². The lowest BCUT2D eigenvalue weighted by molar-refractivity contribution is -0.124. The van der Waals surface area contributed by atoms with Gasteiger partial charge in [-0.2, -0.15) is 0 Å². The standard InChI is InChI=1S/C22H18ClNO3S/c23-16-8-11-18-19(12-16)28-21(20(25)22(26)24-18)15-6-9-17(10-7-15)27-13-14-4-2-1-3-5-14/h1-12,20-21,25H,13H2,(H,24,26)/t20-,21+/m1/s1. The summed E-state index contributed by atoms with van der Waals surface area (Å²) in [6.45, 7) is 0.481. The summed E-state index contributed by atoms with van der Waals surface area (Å²) in [5, 5.41) is 13.4. The van der Waals surface area contributed by atoms with E-state index in [0.29, 0.717) is 17.3 Å². The molecule has 0 saturated heterocycles. The van der Waals surface area contributed by atoms with Crippen molar-refractivity contribution in [1.29, 1.82) is 0 Å². The molecular weight excluding hydrogens is 394 g/mol. The number of ether oxygens (including phenoxy) is 1. The minimum absolute atomic E-state index is 0.428. The van der Waals surface area contributed by atoms with Gasteiger partial charge in [0, 0.05) is 9.92 Å². The highest BCUT2D eigenvalue weighted by Gasteiger charge is 2.32. The van der Waals surface area contributed by atoms with Crippen molar-refractivity contribution < 1.29 is 14.6 Å². The van der Waals surface area contributed by atoms with Gasteiger partial charge in [-0.1, -0.05) is 54.1 Å². The van der Waals surface area contributed by atoms with Crippen molar-refractivity contribution >= 4 is 35.0 Å². The zero-order valence-corrected chi connectivity index (χ0v) is 16.4. The number of aliphatic hydroxyl groups excluding tert-OH is 1. The number of rotatable bonds is 4. The largest absolute Gasteiger partial charge is 0.489 e. The lowest BCUT2D eigenvalue weighted by Crippen LogP contribution is -2.30. The molecule has 0 saturated carbocycles. The number of amides is 1. The average Bonchev–Trinajstić information content (AvgIpc) is 2.84. The van der Waals surface area contributed by atoms with Gasteiger partial charge in [-0.05, 0) is 41.5 Å². The van der Waals surface area contributed by atoms with E-state index in [1.165, 1.54) is 11.8 Å². The Hall–Kier alpha value is -2.47. The van der Waals surface area contributed by atoms with Crippen molar-refractivity contribution in [2.75, 3.05) is 5.32 Å². The molecule has 0 aliphatic carbocycles. The van der Waals surface area contributed by atoms with E-state index in [0.717, 1.165) is 21.8 Å². The molecule has 1 aliphatic heterocycles. The third-order valence-corrected chi connectivity index (χ3v) is 6.08. The summed E-state index contributed by atoms with van der Waals surface area (Å²) >= 11 is 7.51. The van der Waals surface area contributed by atoms with E-state index in [4.69, 9.17) is 16.3 Å².